The summed E-state index contributed by atoms with van der Waals surface area (Å²) >= 11 is 6.03. The fourth-order valence-corrected chi connectivity index (χ4v) is 2.60. The number of alkyl halides is 1. The molecule has 0 aliphatic carbocycles. The van der Waals surface area contributed by atoms with E-state index in [0.717, 1.165) is 61.8 Å². The van der Waals surface area contributed by atoms with E-state index < -0.39 is 0 Å². The summed E-state index contributed by atoms with van der Waals surface area (Å²) in [5.74, 6) is 1.34. The van der Waals surface area contributed by atoms with Crippen molar-refractivity contribution in [1.82, 2.24) is 19.3 Å². The molecule has 0 aromatic carbocycles. The van der Waals surface area contributed by atoms with Crippen LogP contribution < -0.4 is 0 Å². The van der Waals surface area contributed by atoms with Gasteiger partial charge in [-0.25, -0.2) is 9.67 Å². The molecular weight excluding hydrogens is 276 g/mol. The molecule has 0 aliphatic heterocycles. The van der Waals surface area contributed by atoms with Crippen molar-refractivity contribution in [3.05, 3.63) is 11.5 Å². The molecule has 2 aromatic heterocycles. The molecule has 0 aliphatic rings. The highest BCUT2D eigenvalue weighted by molar-refractivity contribution is 6.16. The van der Waals surface area contributed by atoms with E-state index in [0.29, 0.717) is 5.88 Å². The van der Waals surface area contributed by atoms with Gasteiger partial charge in [-0.2, -0.15) is 5.10 Å². The van der Waals surface area contributed by atoms with Gasteiger partial charge in [-0.15, -0.1) is 11.6 Å². The number of imidazole rings is 1. The van der Waals surface area contributed by atoms with Gasteiger partial charge in [-0.05, 0) is 26.7 Å². The lowest BCUT2D eigenvalue weighted by atomic mass is 10.4. The fraction of sp³-hybridized carbons (Fsp3) is 0.714. The molecule has 2 heterocycles. The highest BCUT2D eigenvalue weighted by Gasteiger charge is 2.17. The zero-order chi connectivity index (χ0) is 14.5. The Hall–Kier alpha value is -1.07. The Morgan fingerprint density at radius 1 is 1.25 bits per heavy atom. The lowest BCUT2D eigenvalue weighted by Crippen LogP contribution is -2.10. The Kier molecular flexibility index (Phi) is 5.43. The number of hydrogen-bond acceptors (Lipinski definition) is 3. The van der Waals surface area contributed by atoms with Crippen LogP contribution in [0.4, 0.5) is 0 Å². The monoisotopic (exact) mass is 298 g/mol. The first kappa shape index (κ1) is 15.3. The summed E-state index contributed by atoms with van der Waals surface area (Å²) in [6.07, 6.45) is 2.02. The first-order chi connectivity index (χ1) is 9.72. The maximum atomic E-state index is 6.03. The lowest BCUT2D eigenvalue weighted by Gasteiger charge is -2.09. The summed E-state index contributed by atoms with van der Waals surface area (Å²) in [4.78, 5) is 4.62. The van der Waals surface area contributed by atoms with E-state index in [9.17, 15) is 0 Å². The summed E-state index contributed by atoms with van der Waals surface area (Å²) in [6, 6.07) is 0. The van der Waals surface area contributed by atoms with Gasteiger partial charge in [0.1, 0.15) is 11.3 Å². The quantitative estimate of drug-likeness (QED) is 0.555. The predicted molar refractivity (Wildman–Crippen MR) is 81.2 cm³/mol. The Bertz CT molecular complexity index is 561. The first-order valence-electron chi connectivity index (χ1n) is 7.29. The third-order valence-corrected chi connectivity index (χ3v) is 3.55. The first-order valence-corrected chi connectivity index (χ1v) is 7.82. The number of fused-ring (bicyclic) bond motifs is 1. The Morgan fingerprint density at radius 3 is 2.70 bits per heavy atom. The predicted octanol–water partition coefficient (Wildman–Crippen LogP) is 3.12. The van der Waals surface area contributed by atoms with Crippen molar-refractivity contribution in [2.24, 2.45) is 0 Å². The minimum absolute atomic E-state index is 0.424. The Balaban J connectivity index is 2.20. The number of ether oxygens (including phenoxy) is 1. The average molecular weight is 299 g/mol. The van der Waals surface area contributed by atoms with E-state index >= 15 is 0 Å². The van der Waals surface area contributed by atoms with Crippen LogP contribution in [-0.2, 0) is 23.7 Å². The molecule has 0 radical (unpaired) electrons. The third kappa shape index (κ3) is 2.99. The number of rotatable bonds is 8. The molecule has 20 heavy (non-hydrogen) atoms. The smallest absolute Gasteiger partial charge is 0.158 e. The lowest BCUT2D eigenvalue weighted by molar-refractivity contribution is 0.129. The molecule has 0 bridgehead atoms. The summed E-state index contributed by atoms with van der Waals surface area (Å²) in [5.41, 5.74) is 3.02. The van der Waals surface area contributed by atoms with Crippen molar-refractivity contribution in [2.45, 2.75) is 52.6 Å². The molecule has 0 saturated carbocycles. The molecule has 6 heteroatoms. The molecular formula is C14H23ClN4O. The number of aryl methyl sites for hydroxylation is 3. The maximum absolute atomic E-state index is 6.03. The van der Waals surface area contributed by atoms with Crippen LogP contribution in [0.1, 0.15) is 38.2 Å². The van der Waals surface area contributed by atoms with Crippen LogP contribution in [0.15, 0.2) is 0 Å². The van der Waals surface area contributed by atoms with Gasteiger partial charge in [0.2, 0.25) is 0 Å². The minimum Gasteiger partial charge on any atom is -0.381 e. The molecule has 2 aromatic rings. The van der Waals surface area contributed by atoms with E-state index in [1.807, 2.05) is 11.6 Å². The topological polar surface area (TPSA) is 44.9 Å². The van der Waals surface area contributed by atoms with Crippen LogP contribution in [0, 0.1) is 6.92 Å². The van der Waals surface area contributed by atoms with Crippen LogP contribution in [-0.4, -0.2) is 32.5 Å². The van der Waals surface area contributed by atoms with Crippen LogP contribution in [0.5, 0.6) is 0 Å². The van der Waals surface area contributed by atoms with Crippen LogP contribution in [0.3, 0.4) is 0 Å². The van der Waals surface area contributed by atoms with Gasteiger partial charge in [0, 0.05) is 26.3 Å². The zero-order valence-corrected chi connectivity index (χ0v) is 13.3. The van der Waals surface area contributed by atoms with Crippen LogP contribution in [0.2, 0.25) is 0 Å². The highest BCUT2D eigenvalue weighted by atomic mass is 35.5. The summed E-state index contributed by atoms with van der Waals surface area (Å²) in [6.45, 7) is 9.51. The Labute approximate surface area is 124 Å². The molecule has 0 amide bonds. The molecule has 2 rings (SSSR count). The third-order valence-electron chi connectivity index (χ3n) is 3.32. The standard InChI is InChI=1S/C14H23ClN4O/c1-4-8-20-9-6-7-18-12(10-15)16-13-11(3)17-19(5-2)14(13)18/h4-10H2,1-3H3. The number of halogens is 1. The highest BCUT2D eigenvalue weighted by Crippen LogP contribution is 2.21. The molecule has 0 spiro atoms. The van der Waals surface area contributed by atoms with Gasteiger partial charge in [0.05, 0.1) is 11.6 Å². The van der Waals surface area contributed by atoms with Crippen molar-refractivity contribution in [1.29, 1.82) is 0 Å². The summed E-state index contributed by atoms with van der Waals surface area (Å²) in [5, 5.41) is 4.52. The molecule has 0 atom stereocenters. The van der Waals surface area contributed by atoms with Crippen LogP contribution >= 0.6 is 11.6 Å². The van der Waals surface area contributed by atoms with E-state index in [1.165, 1.54) is 0 Å². The largest absolute Gasteiger partial charge is 0.381 e. The van der Waals surface area contributed by atoms with Crippen molar-refractivity contribution in [2.75, 3.05) is 13.2 Å². The molecule has 0 N–H and O–H groups in total. The fourth-order valence-electron chi connectivity index (χ4n) is 2.40. The second-order valence-electron chi connectivity index (χ2n) is 4.85. The SMILES string of the molecule is CCCOCCCn1c(CCl)nc2c(C)nn(CC)c21. The Morgan fingerprint density at radius 2 is 2.05 bits per heavy atom. The van der Waals surface area contributed by atoms with Crippen molar-refractivity contribution in [3.63, 3.8) is 0 Å². The average Bonchev–Trinajstić information content (AvgIpc) is 2.97. The van der Waals surface area contributed by atoms with Crippen molar-refractivity contribution >= 4 is 22.8 Å². The normalized spacial score (nSPS) is 11.6. The summed E-state index contributed by atoms with van der Waals surface area (Å²) in [7, 11) is 0. The van der Waals surface area contributed by atoms with Crippen molar-refractivity contribution in [3.8, 4) is 0 Å². The van der Waals surface area contributed by atoms with Crippen molar-refractivity contribution < 1.29 is 4.74 Å². The van der Waals surface area contributed by atoms with Gasteiger partial charge in [0.25, 0.3) is 0 Å². The molecule has 5 nitrogen and oxygen atoms in total. The second-order valence-corrected chi connectivity index (χ2v) is 5.12. The van der Waals surface area contributed by atoms with E-state index in [4.69, 9.17) is 16.3 Å². The number of aromatic nitrogens is 4. The summed E-state index contributed by atoms with van der Waals surface area (Å²) < 4.78 is 9.72. The second kappa shape index (κ2) is 7.09. The zero-order valence-electron chi connectivity index (χ0n) is 12.5. The van der Waals surface area contributed by atoms with E-state index in [1.54, 1.807) is 0 Å². The number of hydrogen-bond donors (Lipinski definition) is 0. The maximum Gasteiger partial charge on any atom is 0.158 e. The molecule has 0 saturated heterocycles. The molecule has 112 valence electrons. The number of nitrogens with zero attached hydrogens (tertiary/aromatic N) is 4. The van der Waals surface area contributed by atoms with E-state index in [2.05, 4.69) is 28.5 Å². The van der Waals surface area contributed by atoms with Gasteiger partial charge in [0.15, 0.2) is 5.65 Å². The molecule has 0 unspecified atom stereocenters. The van der Waals surface area contributed by atoms with Gasteiger partial charge in [-0.3, -0.25) is 0 Å². The van der Waals surface area contributed by atoms with Crippen LogP contribution in [0.25, 0.3) is 11.2 Å². The van der Waals surface area contributed by atoms with Gasteiger partial charge < -0.3 is 9.30 Å². The minimum atomic E-state index is 0.424. The molecule has 0 fully saturated rings. The van der Waals surface area contributed by atoms with Gasteiger partial charge >= 0.3 is 0 Å². The van der Waals surface area contributed by atoms with E-state index in [-0.39, 0.29) is 0 Å². The van der Waals surface area contributed by atoms with Gasteiger partial charge in [-0.1, -0.05) is 6.92 Å².